The Morgan fingerprint density at radius 3 is 2.48 bits per heavy atom. The Balaban J connectivity index is 2.12. The zero-order chi connectivity index (χ0) is 15.3. The van der Waals surface area contributed by atoms with Crippen molar-refractivity contribution in [3.63, 3.8) is 0 Å². The summed E-state index contributed by atoms with van der Waals surface area (Å²) in [4.78, 5) is 2.98. The molecule has 0 bridgehead atoms. The molecule has 1 aliphatic carbocycles. The van der Waals surface area contributed by atoms with Gasteiger partial charge in [0.2, 0.25) is 0 Å². The summed E-state index contributed by atoms with van der Waals surface area (Å²) in [6.07, 6.45) is 7.20. The van der Waals surface area contributed by atoms with Crippen molar-refractivity contribution in [2.24, 2.45) is 5.92 Å². The fourth-order valence-corrected chi connectivity index (χ4v) is 4.56. The maximum atomic E-state index is 6.09. The van der Waals surface area contributed by atoms with Crippen LogP contribution in [0.3, 0.4) is 0 Å². The lowest BCUT2D eigenvalue weighted by atomic mass is 9.74. The maximum absolute atomic E-state index is 6.09. The van der Waals surface area contributed by atoms with E-state index in [4.69, 9.17) is 4.74 Å². The van der Waals surface area contributed by atoms with Crippen molar-refractivity contribution in [3.05, 3.63) is 21.9 Å². The smallest absolute Gasteiger partial charge is 0.0834 e. The van der Waals surface area contributed by atoms with E-state index in [0.717, 1.165) is 25.3 Å². The number of aryl methyl sites for hydroxylation is 1. The van der Waals surface area contributed by atoms with Crippen molar-refractivity contribution in [1.82, 2.24) is 5.32 Å². The van der Waals surface area contributed by atoms with Gasteiger partial charge in [-0.25, -0.2) is 0 Å². The molecule has 1 heterocycles. The lowest BCUT2D eigenvalue weighted by Gasteiger charge is -2.44. The van der Waals surface area contributed by atoms with Gasteiger partial charge in [-0.3, -0.25) is 0 Å². The molecule has 1 atom stereocenters. The van der Waals surface area contributed by atoms with Crippen molar-refractivity contribution in [3.8, 4) is 0 Å². The zero-order valence-electron chi connectivity index (χ0n) is 14.1. The molecule has 1 aromatic rings. The van der Waals surface area contributed by atoms with E-state index in [1.54, 1.807) is 0 Å². The molecule has 2 nitrogen and oxygen atoms in total. The van der Waals surface area contributed by atoms with Crippen LogP contribution in [0.2, 0.25) is 0 Å². The van der Waals surface area contributed by atoms with Crippen LogP contribution in [0.4, 0.5) is 0 Å². The molecule has 0 spiro atoms. The Morgan fingerprint density at radius 1 is 1.29 bits per heavy atom. The first-order valence-corrected chi connectivity index (χ1v) is 9.31. The van der Waals surface area contributed by atoms with Crippen LogP contribution in [0.15, 0.2) is 12.1 Å². The average Bonchev–Trinajstić information content (AvgIpc) is 2.96. The highest BCUT2D eigenvalue weighted by Crippen LogP contribution is 2.38. The highest BCUT2D eigenvalue weighted by Gasteiger charge is 2.41. The molecule has 1 fully saturated rings. The minimum atomic E-state index is 0.0267. The van der Waals surface area contributed by atoms with Crippen molar-refractivity contribution in [1.29, 1.82) is 0 Å². The standard InChI is InChI=1S/C18H31NOS/c1-5-15-7-8-16(21-15)13-17(19-6-2)18(20-4)11-9-14(3)10-12-18/h7-8,14,17,19H,5-6,9-13H2,1-4H3. The number of nitrogens with one attached hydrogen (secondary N) is 1. The third kappa shape index (κ3) is 4.08. The molecule has 0 radical (unpaired) electrons. The molecular weight excluding hydrogens is 278 g/mol. The molecule has 0 amide bonds. The molecular formula is C18H31NOS. The highest BCUT2D eigenvalue weighted by molar-refractivity contribution is 7.11. The van der Waals surface area contributed by atoms with Gasteiger partial charge in [0, 0.05) is 22.9 Å². The number of rotatable bonds is 7. The summed E-state index contributed by atoms with van der Waals surface area (Å²) in [7, 11) is 1.91. The van der Waals surface area contributed by atoms with E-state index in [0.29, 0.717) is 6.04 Å². The Bertz CT molecular complexity index is 421. The van der Waals surface area contributed by atoms with E-state index in [1.165, 1.54) is 35.4 Å². The Hall–Kier alpha value is -0.380. The number of hydrogen-bond donors (Lipinski definition) is 1. The van der Waals surface area contributed by atoms with Gasteiger partial charge >= 0.3 is 0 Å². The maximum Gasteiger partial charge on any atom is 0.0834 e. The van der Waals surface area contributed by atoms with Crippen molar-refractivity contribution >= 4 is 11.3 Å². The molecule has 1 N–H and O–H groups in total. The van der Waals surface area contributed by atoms with Gasteiger partial charge in [0.1, 0.15) is 0 Å². The second-order valence-electron chi connectivity index (χ2n) is 6.49. The molecule has 1 saturated carbocycles. The van der Waals surface area contributed by atoms with Crippen LogP contribution >= 0.6 is 11.3 Å². The third-order valence-electron chi connectivity index (χ3n) is 5.08. The third-order valence-corrected chi connectivity index (χ3v) is 6.34. The molecule has 120 valence electrons. The number of thiophene rings is 1. The minimum Gasteiger partial charge on any atom is -0.377 e. The van der Waals surface area contributed by atoms with Crippen LogP contribution in [-0.2, 0) is 17.6 Å². The van der Waals surface area contributed by atoms with E-state index < -0.39 is 0 Å². The van der Waals surface area contributed by atoms with Crippen LogP contribution in [0.25, 0.3) is 0 Å². The summed E-state index contributed by atoms with van der Waals surface area (Å²) in [5.74, 6) is 0.851. The summed E-state index contributed by atoms with van der Waals surface area (Å²) in [6.45, 7) is 7.82. The van der Waals surface area contributed by atoms with Gasteiger partial charge in [-0.1, -0.05) is 20.8 Å². The molecule has 3 heteroatoms. The topological polar surface area (TPSA) is 21.3 Å². The lowest BCUT2D eigenvalue weighted by molar-refractivity contribution is -0.0741. The molecule has 1 aliphatic rings. The largest absolute Gasteiger partial charge is 0.377 e. The first-order chi connectivity index (χ1) is 10.1. The lowest BCUT2D eigenvalue weighted by Crippen LogP contribution is -2.54. The molecule has 0 aliphatic heterocycles. The number of methoxy groups -OCH3 is 1. The summed E-state index contributed by atoms with van der Waals surface area (Å²) in [6, 6.07) is 5.03. The second kappa shape index (κ2) is 7.75. The van der Waals surface area contributed by atoms with Crippen LogP contribution in [0, 0.1) is 5.92 Å². The first kappa shape index (κ1) is 17.0. The van der Waals surface area contributed by atoms with Gasteiger partial charge in [-0.05, 0) is 63.1 Å². The number of hydrogen-bond acceptors (Lipinski definition) is 3. The van der Waals surface area contributed by atoms with Crippen molar-refractivity contribution in [2.45, 2.75) is 70.9 Å². The second-order valence-corrected chi connectivity index (χ2v) is 7.74. The molecule has 1 unspecified atom stereocenters. The summed E-state index contributed by atoms with van der Waals surface area (Å²) < 4.78 is 6.09. The summed E-state index contributed by atoms with van der Waals surface area (Å²) in [5, 5.41) is 3.72. The van der Waals surface area contributed by atoms with Crippen LogP contribution in [0.1, 0.15) is 56.2 Å². The van der Waals surface area contributed by atoms with E-state index in [-0.39, 0.29) is 5.60 Å². The predicted molar refractivity (Wildman–Crippen MR) is 92.2 cm³/mol. The molecule has 0 saturated heterocycles. The monoisotopic (exact) mass is 309 g/mol. The highest BCUT2D eigenvalue weighted by atomic mass is 32.1. The number of ether oxygens (including phenoxy) is 1. The molecule has 2 rings (SSSR count). The molecule has 0 aromatic carbocycles. The van der Waals surface area contributed by atoms with Gasteiger partial charge in [-0.15, -0.1) is 11.3 Å². The van der Waals surface area contributed by atoms with Crippen molar-refractivity contribution < 1.29 is 4.74 Å². The predicted octanol–water partition coefficient (Wildman–Crippen LogP) is 4.43. The Labute approximate surface area is 134 Å². The van der Waals surface area contributed by atoms with E-state index in [2.05, 4.69) is 38.2 Å². The van der Waals surface area contributed by atoms with Crippen molar-refractivity contribution in [2.75, 3.05) is 13.7 Å². The minimum absolute atomic E-state index is 0.0267. The van der Waals surface area contributed by atoms with Gasteiger partial charge < -0.3 is 10.1 Å². The zero-order valence-corrected chi connectivity index (χ0v) is 14.9. The quantitative estimate of drug-likeness (QED) is 0.804. The average molecular weight is 310 g/mol. The van der Waals surface area contributed by atoms with Crippen LogP contribution in [0.5, 0.6) is 0 Å². The van der Waals surface area contributed by atoms with Gasteiger partial charge in [0.05, 0.1) is 5.60 Å². The molecule has 21 heavy (non-hydrogen) atoms. The fourth-order valence-electron chi connectivity index (χ4n) is 3.56. The van der Waals surface area contributed by atoms with Gasteiger partial charge in [-0.2, -0.15) is 0 Å². The number of likely N-dealkylation sites (N-methyl/N-ethyl adjacent to an activating group) is 1. The van der Waals surface area contributed by atoms with E-state index in [9.17, 15) is 0 Å². The first-order valence-electron chi connectivity index (χ1n) is 8.49. The van der Waals surface area contributed by atoms with Crippen LogP contribution in [-0.4, -0.2) is 25.3 Å². The van der Waals surface area contributed by atoms with E-state index >= 15 is 0 Å². The fraction of sp³-hybridized carbons (Fsp3) is 0.778. The Kier molecular flexibility index (Phi) is 6.27. The van der Waals surface area contributed by atoms with Crippen LogP contribution < -0.4 is 5.32 Å². The molecule has 1 aromatic heterocycles. The Morgan fingerprint density at radius 2 is 1.95 bits per heavy atom. The summed E-state index contributed by atoms with van der Waals surface area (Å²) in [5.41, 5.74) is 0.0267. The van der Waals surface area contributed by atoms with E-state index in [1.807, 2.05) is 18.4 Å². The van der Waals surface area contributed by atoms with Gasteiger partial charge in [0.25, 0.3) is 0 Å². The normalized spacial score (nSPS) is 27.7. The summed E-state index contributed by atoms with van der Waals surface area (Å²) >= 11 is 1.97. The SMILES string of the molecule is CCNC(Cc1ccc(CC)s1)C1(OC)CCC(C)CC1. The van der Waals surface area contributed by atoms with Gasteiger partial charge in [0.15, 0.2) is 0 Å².